The lowest BCUT2D eigenvalue weighted by Crippen LogP contribution is -2.21. The highest BCUT2D eigenvalue weighted by molar-refractivity contribution is 7.84. The number of rotatable bonds is 2. The molecule has 4 heteroatoms. The summed E-state index contributed by atoms with van der Waals surface area (Å²) in [5.41, 5.74) is 0. The fraction of sp³-hybridized carbons (Fsp3) is 0.667. The minimum atomic E-state index is -0.475. The summed E-state index contributed by atoms with van der Waals surface area (Å²) in [5, 5.41) is 0. The largest absolute Gasteiger partial charge is 0.466 e. The molecule has 0 amide bonds. The summed E-state index contributed by atoms with van der Waals surface area (Å²) in [6, 6.07) is 0. The van der Waals surface area contributed by atoms with Gasteiger partial charge in [0.25, 0.3) is 0 Å². The molecule has 0 fully saturated rings. The zero-order valence-electron chi connectivity index (χ0n) is 7.55. The summed E-state index contributed by atoms with van der Waals surface area (Å²) in [6.07, 6.45) is 1.74. The van der Waals surface area contributed by atoms with Gasteiger partial charge >= 0.3 is 5.97 Å². The monoisotopic (exact) mass is 204 g/mol. The molecule has 0 saturated heterocycles. The van der Waals surface area contributed by atoms with Crippen molar-refractivity contribution in [3.05, 3.63) is 10.7 Å². The van der Waals surface area contributed by atoms with Crippen LogP contribution >= 0.6 is 12.6 Å². The lowest BCUT2D eigenvalue weighted by Gasteiger charge is -2.20. The highest BCUT2D eigenvalue weighted by Crippen LogP contribution is 2.33. The van der Waals surface area contributed by atoms with Gasteiger partial charge in [-0.1, -0.05) is 0 Å². The number of ether oxygens (including phenoxy) is 1. The van der Waals surface area contributed by atoms with E-state index in [1.54, 1.807) is 6.92 Å². The molecular weight excluding hydrogens is 191 g/mol. The number of carbonyl (C=O) groups excluding carboxylic acids is 1. The second-order valence-corrected chi connectivity index (χ2v) is 3.47. The highest BCUT2D eigenvalue weighted by atomic mass is 32.1. The Hall–Kier alpha value is -0.510. The molecule has 0 saturated carbocycles. The second kappa shape index (κ2) is 4.65. The van der Waals surface area contributed by atoms with E-state index in [9.17, 15) is 9.18 Å². The molecular formula is C9H13FO2S. The number of hydrogen-bond acceptors (Lipinski definition) is 3. The van der Waals surface area contributed by atoms with E-state index in [4.69, 9.17) is 4.74 Å². The van der Waals surface area contributed by atoms with Crippen LogP contribution in [0.15, 0.2) is 10.7 Å². The van der Waals surface area contributed by atoms with Crippen LogP contribution in [0.4, 0.5) is 4.39 Å². The van der Waals surface area contributed by atoms with Crippen LogP contribution in [-0.4, -0.2) is 12.6 Å². The molecule has 1 aliphatic rings. The van der Waals surface area contributed by atoms with E-state index in [0.717, 1.165) is 0 Å². The van der Waals surface area contributed by atoms with Crippen molar-refractivity contribution >= 4 is 18.6 Å². The standard InChI is InChI=1S/C9H13FO2S/c1-2-12-9(11)6-4-3-5-7(10)8(6)13/h6,13H,2-5H2,1H3. The average molecular weight is 204 g/mol. The lowest BCUT2D eigenvalue weighted by molar-refractivity contribution is -0.146. The van der Waals surface area contributed by atoms with E-state index in [-0.39, 0.29) is 16.7 Å². The maximum Gasteiger partial charge on any atom is 0.314 e. The predicted molar refractivity (Wildman–Crippen MR) is 51.1 cm³/mol. The fourth-order valence-electron chi connectivity index (χ4n) is 1.39. The Bertz CT molecular complexity index is 238. The van der Waals surface area contributed by atoms with Crippen LogP contribution in [0.1, 0.15) is 26.2 Å². The summed E-state index contributed by atoms with van der Waals surface area (Å²) in [5.74, 6) is -1.10. The third kappa shape index (κ3) is 2.46. The minimum absolute atomic E-state index is 0.254. The van der Waals surface area contributed by atoms with E-state index < -0.39 is 5.92 Å². The van der Waals surface area contributed by atoms with Crippen LogP contribution in [0.5, 0.6) is 0 Å². The molecule has 0 aromatic rings. The first-order valence-electron chi connectivity index (χ1n) is 4.41. The van der Waals surface area contributed by atoms with Crippen molar-refractivity contribution in [1.29, 1.82) is 0 Å². The Labute approximate surface area is 82.6 Å². The van der Waals surface area contributed by atoms with Crippen LogP contribution in [-0.2, 0) is 9.53 Å². The summed E-state index contributed by atoms with van der Waals surface area (Å²) < 4.78 is 17.8. The third-order valence-electron chi connectivity index (χ3n) is 2.07. The predicted octanol–water partition coefficient (Wildman–Crippen LogP) is 2.46. The van der Waals surface area contributed by atoms with E-state index in [2.05, 4.69) is 12.6 Å². The molecule has 1 aliphatic carbocycles. The van der Waals surface area contributed by atoms with Gasteiger partial charge in [-0.3, -0.25) is 4.79 Å². The third-order valence-corrected chi connectivity index (χ3v) is 2.62. The van der Waals surface area contributed by atoms with Gasteiger partial charge in [-0.15, -0.1) is 12.6 Å². The van der Waals surface area contributed by atoms with Gasteiger partial charge in [-0.05, 0) is 19.8 Å². The van der Waals surface area contributed by atoms with Crippen molar-refractivity contribution in [3.8, 4) is 0 Å². The number of allylic oxidation sites excluding steroid dienone is 1. The normalized spacial score (nSPS) is 23.2. The maximum atomic E-state index is 13.0. The van der Waals surface area contributed by atoms with Crippen LogP contribution in [0.3, 0.4) is 0 Å². The van der Waals surface area contributed by atoms with Crippen molar-refractivity contribution in [2.75, 3.05) is 6.61 Å². The molecule has 13 heavy (non-hydrogen) atoms. The highest BCUT2D eigenvalue weighted by Gasteiger charge is 2.28. The first-order valence-corrected chi connectivity index (χ1v) is 4.85. The Balaban J connectivity index is 2.69. The number of thiol groups is 1. The molecule has 0 aromatic heterocycles. The number of hydrogen-bond donors (Lipinski definition) is 1. The summed E-state index contributed by atoms with van der Waals surface area (Å²) in [4.78, 5) is 11.5. The Morgan fingerprint density at radius 3 is 3.08 bits per heavy atom. The molecule has 74 valence electrons. The molecule has 0 radical (unpaired) electrons. The molecule has 2 nitrogen and oxygen atoms in total. The first kappa shape index (κ1) is 10.6. The van der Waals surface area contributed by atoms with Crippen molar-refractivity contribution in [1.82, 2.24) is 0 Å². The van der Waals surface area contributed by atoms with Gasteiger partial charge in [0, 0.05) is 11.3 Å². The Kier molecular flexibility index (Phi) is 3.78. The lowest BCUT2D eigenvalue weighted by atomic mass is 9.95. The summed E-state index contributed by atoms with van der Waals surface area (Å²) in [6.45, 7) is 2.07. The molecule has 0 bridgehead atoms. The molecule has 0 N–H and O–H groups in total. The van der Waals surface area contributed by atoms with Gasteiger partial charge in [0.1, 0.15) is 5.83 Å². The second-order valence-electron chi connectivity index (χ2n) is 2.99. The topological polar surface area (TPSA) is 26.3 Å². The van der Waals surface area contributed by atoms with Crippen molar-refractivity contribution in [3.63, 3.8) is 0 Å². The summed E-state index contributed by atoms with van der Waals surface area (Å²) >= 11 is 3.99. The van der Waals surface area contributed by atoms with Gasteiger partial charge in [0.05, 0.1) is 12.5 Å². The Morgan fingerprint density at radius 2 is 2.46 bits per heavy atom. The zero-order chi connectivity index (χ0) is 9.84. The molecule has 0 aromatic carbocycles. The van der Waals surface area contributed by atoms with Crippen LogP contribution in [0, 0.1) is 5.92 Å². The molecule has 0 spiro atoms. The maximum absolute atomic E-state index is 13.0. The van der Waals surface area contributed by atoms with Crippen molar-refractivity contribution in [2.24, 2.45) is 5.92 Å². The number of carbonyl (C=O) groups is 1. The van der Waals surface area contributed by atoms with Crippen LogP contribution in [0.2, 0.25) is 0 Å². The van der Waals surface area contributed by atoms with Crippen molar-refractivity contribution < 1.29 is 13.9 Å². The Morgan fingerprint density at radius 1 is 1.77 bits per heavy atom. The SMILES string of the molecule is CCOC(=O)C1CCCC(F)=C1S. The number of halogens is 1. The van der Waals surface area contributed by atoms with E-state index in [1.807, 2.05) is 0 Å². The minimum Gasteiger partial charge on any atom is -0.466 e. The smallest absolute Gasteiger partial charge is 0.314 e. The molecule has 0 heterocycles. The van der Waals surface area contributed by atoms with Crippen LogP contribution in [0.25, 0.3) is 0 Å². The van der Waals surface area contributed by atoms with E-state index in [1.165, 1.54) is 0 Å². The fourth-order valence-corrected chi connectivity index (χ4v) is 1.73. The molecule has 1 rings (SSSR count). The number of esters is 1. The first-order chi connectivity index (χ1) is 6.16. The van der Waals surface area contributed by atoms with Gasteiger partial charge in [0.15, 0.2) is 0 Å². The zero-order valence-corrected chi connectivity index (χ0v) is 8.44. The van der Waals surface area contributed by atoms with Gasteiger partial charge in [-0.2, -0.15) is 0 Å². The molecule has 0 aliphatic heterocycles. The quantitative estimate of drug-likeness (QED) is 0.552. The average Bonchev–Trinajstić information content (AvgIpc) is 2.10. The van der Waals surface area contributed by atoms with Gasteiger partial charge < -0.3 is 4.74 Å². The van der Waals surface area contributed by atoms with E-state index >= 15 is 0 Å². The van der Waals surface area contributed by atoms with Gasteiger partial charge in [-0.25, -0.2) is 4.39 Å². The van der Waals surface area contributed by atoms with E-state index in [0.29, 0.717) is 25.9 Å². The molecule has 1 atom stereocenters. The molecule has 1 unspecified atom stereocenters. The van der Waals surface area contributed by atoms with Gasteiger partial charge in [0.2, 0.25) is 0 Å². The summed E-state index contributed by atoms with van der Waals surface area (Å²) in [7, 11) is 0. The van der Waals surface area contributed by atoms with Crippen LogP contribution < -0.4 is 0 Å². The van der Waals surface area contributed by atoms with Crippen molar-refractivity contribution in [2.45, 2.75) is 26.2 Å².